The summed E-state index contributed by atoms with van der Waals surface area (Å²) < 4.78 is 41.6. The number of aromatic nitrogens is 4. The minimum Gasteiger partial charge on any atom is -0.340 e. The molecule has 3 N–H and O–H groups in total. The van der Waals surface area contributed by atoms with Crippen LogP contribution in [0.1, 0.15) is 37.1 Å². The van der Waals surface area contributed by atoms with Gasteiger partial charge in [-0.15, -0.1) is 0 Å². The van der Waals surface area contributed by atoms with Gasteiger partial charge in [-0.3, -0.25) is 0 Å². The molecule has 1 fully saturated rings. The first kappa shape index (κ1) is 20.5. The van der Waals surface area contributed by atoms with Crippen LogP contribution in [-0.2, 0) is 10.0 Å². The minimum absolute atomic E-state index is 0.00636. The quantitative estimate of drug-likeness (QED) is 0.473. The van der Waals surface area contributed by atoms with E-state index in [9.17, 15) is 12.8 Å². The zero-order valence-corrected chi connectivity index (χ0v) is 18.1. The van der Waals surface area contributed by atoms with Crippen molar-refractivity contribution in [2.45, 2.75) is 30.6 Å². The van der Waals surface area contributed by atoms with Crippen molar-refractivity contribution in [3.63, 3.8) is 0 Å². The molecule has 164 valence electrons. The Bertz CT molecular complexity index is 1390. The van der Waals surface area contributed by atoms with E-state index in [1.165, 1.54) is 24.3 Å². The Balaban J connectivity index is 1.38. The lowest BCUT2D eigenvalue weighted by atomic mass is 10.0. The second-order valence-electron chi connectivity index (χ2n) is 8.49. The predicted octanol–water partition coefficient (Wildman–Crippen LogP) is 3.82. The van der Waals surface area contributed by atoms with Crippen LogP contribution < -0.4 is 5.14 Å². The summed E-state index contributed by atoms with van der Waals surface area (Å²) >= 11 is 0. The smallest absolute Gasteiger partial charge is 0.293 e. The molecule has 0 unspecified atom stereocenters. The number of halogens is 1. The third-order valence-corrected chi connectivity index (χ3v) is 6.96. The lowest BCUT2D eigenvalue weighted by Gasteiger charge is -2.04. The van der Waals surface area contributed by atoms with Gasteiger partial charge in [0.2, 0.25) is 10.0 Å². The lowest BCUT2D eigenvalue weighted by molar-refractivity contribution is 0.417. The SMILES string of the molecule is CC1(C)[C@@H](c2ccc(S(N)(=O)=O)cc2)[C@@H]1c1noc(-c2nc(-c3ccc(F)cc3)c[nH]2)n1. The van der Waals surface area contributed by atoms with Crippen LogP contribution in [0.25, 0.3) is 23.0 Å². The molecule has 2 aromatic carbocycles. The van der Waals surface area contributed by atoms with Crippen molar-refractivity contribution < 1.29 is 17.3 Å². The largest absolute Gasteiger partial charge is 0.340 e. The van der Waals surface area contributed by atoms with Gasteiger partial charge in [-0.2, -0.15) is 4.98 Å². The number of aromatic amines is 1. The van der Waals surface area contributed by atoms with Crippen molar-refractivity contribution in [2.24, 2.45) is 10.6 Å². The Labute approximate surface area is 183 Å². The van der Waals surface area contributed by atoms with Gasteiger partial charge in [-0.05, 0) is 47.4 Å². The molecule has 0 amide bonds. The van der Waals surface area contributed by atoms with E-state index >= 15 is 0 Å². The fourth-order valence-corrected chi connectivity index (χ4v) is 4.78. The summed E-state index contributed by atoms with van der Waals surface area (Å²) in [4.78, 5) is 12.1. The normalized spacial score (nSPS) is 19.8. The molecular weight excluding hydrogens is 433 g/mol. The number of primary sulfonamides is 1. The van der Waals surface area contributed by atoms with E-state index in [2.05, 4.69) is 34.0 Å². The molecule has 0 radical (unpaired) electrons. The second-order valence-corrected chi connectivity index (χ2v) is 10.1. The summed E-state index contributed by atoms with van der Waals surface area (Å²) in [7, 11) is -3.74. The Hall–Kier alpha value is -3.37. The Kier molecular flexibility index (Phi) is 4.54. The number of sulfonamides is 1. The molecule has 2 aromatic heterocycles. The third kappa shape index (κ3) is 3.51. The summed E-state index contributed by atoms with van der Waals surface area (Å²) in [6, 6.07) is 12.6. The number of benzene rings is 2. The lowest BCUT2D eigenvalue weighted by Crippen LogP contribution is -2.11. The number of nitrogens with one attached hydrogen (secondary N) is 1. The number of nitrogens with two attached hydrogens (primary N) is 1. The van der Waals surface area contributed by atoms with Crippen molar-refractivity contribution in [2.75, 3.05) is 0 Å². The van der Waals surface area contributed by atoms with Gasteiger partial charge in [0, 0.05) is 23.6 Å². The average Bonchev–Trinajstić information content (AvgIpc) is 3.17. The van der Waals surface area contributed by atoms with Gasteiger partial charge in [0.15, 0.2) is 11.6 Å². The van der Waals surface area contributed by atoms with Crippen LogP contribution in [-0.4, -0.2) is 28.5 Å². The first-order valence-electron chi connectivity index (χ1n) is 9.92. The van der Waals surface area contributed by atoms with Gasteiger partial charge in [0.05, 0.1) is 10.6 Å². The number of H-pyrrole nitrogens is 1. The van der Waals surface area contributed by atoms with Gasteiger partial charge < -0.3 is 9.51 Å². The first-order chi connectivity index (χ1) is 15.1. The highest BCUT2D eigenvalue weighted by Gasteiger charge is 2.61. The number of imidazole rings is 1. The Morgan fingerprint density at radius 3 is 2.38 bits per heavy atom. The molecule has 0 bridgehead atoms. The molecule has 32 heavy (non-hydrogen) atoms. The molecule has 2 atom stereocenters. The predicted molar refractivity (Wildman–Crippen MR) is 114 cm³/mol. The molecule has 5 rings (SSSR count). The van der Waals surface area contributed by atoms with Crippen molar-refractivity contribution in [1.82, 2.24) is 20.1 Å². The standard InChI is InChI=1S/C22H20FN5O3S/c1-22(2)17(13-5-9-15(10-6-13)32(24,29)30)18(22)19-27-21(31-28-19)20-25-11-16(26-20)12-3-7-14(23)8-4-12/h3-11,17-18H,1-2H3,(H,25,26)(H2,24,29,30)/t17-,18+/m0/s1. The molecule has 1 aliphatic carbocycles. The van der Waals surface area contributed by atoms with Crippen LogP contribution in [0.4, 0.5) is 4.39 Å². The zero-order chi connectivity index (χ0) is 22.7. The molecule has 10 heteroatoms. The number of rotatable bonds is 5. The van der Waals surface area contributed by atoms with Gasteiger partial charge in [-0.1, -0.05) is 31.1 Å². The zero-order valence-electron chi connectivity index (χ0n) is 17.3. The average molecular weight is 453 g/mol. The van der Waals surface area contributed by atoms with Crippen molar-refractivity contribution in [1.29, 1.82) is 0 Å². The molecule has 2 heterocycles. The number of hydrogen-bond acceptors (Lipinski definition) is 6. The van der Waals surface area contributed by atoms with Gasteiger partial charge in [0.25, 0.3) is 5.89 Å². The van der Waals surface area contributed by atoms with Crippen molar-refractivity contribution >= 4 is 10.0 Å². The van der Waals surface area contributed by atoms with E-state index in [1.807, 2.05) is 0 Å². The van der Waals surface area contributed by atoms with E-state index in [-0.39, 0.29) is 33.9 Å². The summed E-state index contributed by atoms with van der Waals surface area (Å²) in [6.07, 6.45) is 1.70. The van der Waals surface area contributed by atoms with Crippen LogP contribution in [0.2, 0.25) is 0 Å². The molecule has 8 nitrogen and oxygen atoms in total. The molecule has 1 saturated carbocycles. The summed E-state index contributed by atoms with van der Waals surface area (Å²) in [5, 5.41) is 9.35. The molecule has 0 saturated heterocycles. The van der Waals surface area contributed by atoms with Crippen LogP contribution in [0.15, 0.2) is 64.1 Å². The topological polar surface area (TPSA) is 128 Å². The summed E-state index contributed by atoms with van der Waals surface area (Å²) in [5.41, 5.74) is 2.25. The minimum atomic E-state index is -3.74. The monoisotopic (exact) mass is 453 g/mol. The van der Waals surface area contributed by atoms with Crippen molar-refractivity contribution in [3.8, 4) is 23.0 Å². The Morgan fingerprint density at radius 2 is 1.72 bits per heavy atom. The van der Waals surface area contributed by atoms with Crippen LogP contribution >= 0.6 is 0 Å². The van der Waals surface area contributed by atoms with Crippen LogP contribution in [0.3, 0.4) is 0 Å². The first-order valence-corrected chi connectivity index (χ1v) is 11.5. The highest BCUT2D eigenvalue weighted by molar-refractivity contribution is 7.89. The molecule has 4 aromatic rings. The highest BCUT2D eigenvalue weighted by atomic mass is 32.2. The summed E-state index contributed by atoms with van der Waals surface area (Å²) in [6.45, 7) is 4.21. The Morgan fingerprint density at radius 1 is 1.03 bits per heavy atom. The van der Waals surface area contributed by atoms with Gasteiger partial charge in [-0.25, -0.2) is 22.9 Å². The van der Waals surface area contributed by atoms with E-state index in [0.717, 1.165) is 11.1 Å². The third-order valence-electron chi connectivity index (χ3n) is 6.04. The van der Waals surface area contributed by atoms with Gasteiger partial charge >= 0.3 is 0 Å². The maximum Gasteiger partial charge on any atom is 0.293 e. The molecule has 0 spiro atoms. The molecular formula is C22H20FN5O3S. The fraction of sp³-hybridized carbons (Fsp3) is 0.227. The fourth-order valence-electron chi connectivity index (χ4n) is 4.26. The van der Waals surface area contributed by atoms with Gasteiger partial charge in [0.1, 0.15) is 5.82 Å². The number of nitrogens with zero attached hydrogens (tertiary/aromatic N) is 3. The summed E-state index contributed by atoms with van der Waals surface area (Å²) in [5.74, 6) is 1.05. The van der Waals surface area contributed by atoms with E-state index in [0.29, 0.717) is 17.3 Å². The van der Waals surface area contributed by atoms with E-state index in [4.69, 9.17) is 9.66 Å². The van der Waals surface area contributed by atoms with Crippen LogP contribution in [0, 0.1) is 11.2 Å². The molecule has 0 aliphatic heterocycles. The van der Waals surface area contributed by atoms with E-state index < -0.39 is 10.0 Å². The number of hydrogen-bond donors (Lipinski definition) is 2. The highest BCUT2D eigenvalue weighted by Crippen LogP contribution is 2.69. The maximum absolute atomic E-state index is 13.2. The second kappa shape index (κ2) is 7.07. The van der Waals surface area contributed by atoms with E-state index in [1.54, 1.807) is 30.5 Å². The van der Waals surface area contributed by atoms with Crippen molar-refractivity contribution in [3.05, 3.63) is 71.9 Å². The van der Waals surface area contributed by atoms with Crippen LogP contribution in [0.5, 0.6) is 0 Å². The maximum atomic E-state index is 13.2. The molecule has 1 aliphatic rings.